The van der Waals surface area contributed by atoms with Crippen LogP contribution in [-0.4, -0.2) is 24.8 Å². The largest absolute Gasteiger partial charge is 0.467 e. The van der Waals surface area contributed by atoms with Gasteiger partial charge < -0.3 is 9.73 Å². The molecule has 0 unspecified atom stereocenters. The van der Waals surface area contributed by atoms with Crippen molar-refractivity contribution in [2.45, 2.75) is 20.0 Å². The number of furan rings is 1. The van der Waals surface area contributed by atoms with Gasteiger partial charge in [-0.15, -0.1) is 0 Å². The molecule has 0 saturated heterocycles. The van der Waals surface area contributed by atoms with Crippen molar-refractivity contribution in [1.82, 2.24) is 24.2 Å². The molecule has 0 atom stereocenters. The number of carbonyl (C=O) groups is 1. The number of hydrogen-bond acceptors (Lipinski definition) is 5. The van der Waals surface area contributed by atoms with Crippen molar-refractivity contribution < 1.29 is 9.21 Å². The average Bonchev–Trinajstić information content (AvgIpc) is 3.35. The van der Waals surface area contributed by atoms with E-state index in [1.54, 1.807) is 31.3 Å². The summed E-state index contributed by atoms with van der Waals surface area (Å²) in [6, 6.07) is 10.5. The first kappa shape index (κ1) is 18.5. The van der Waals surface area contributed by atoms with Gasteiger partial charge in [0.05, 0.1) is 30.2 Å². The Morgan fingerprint density at radius 3 is 2.62 bits per heavy atom. The molecule has 0 spiro atoms. The molecule has 0 aliphatic heterocycles. The number of fused-ring (bicyclic) bond motifs is 1. The highest BCUT2D eigenvalue weighted by atomic mass is 16.3. The first-order valence-electron chi connectivity index (χ1n) is 8.99. The van der Waals surface area contributed by atoms with Gasteiger partial charge in [-0.25, -0.2) is 9.36 Å². The fourth-order valence-corrected chi connectivity index (χ4v) is 3.16. The van der Waals surface area contributed by atoms with Gasteiger partial charge in [-0.1, -0.05) is 17.7 Å². The highest BCUT2D eigenvalue weighted by Gasteiger charge is 2.19. The summed E-state index contributed by atoms with van der Waals surface area (Å²) in [6.45, 7) is 1.86. The fourth-order valence-electron chi connectivity index (χ4n) is 3.16. The molecule has 3 heterocycles. The van der Waals surface area contributed by atoms with E-state index in [1.165, 1.54) is 21.7 Å². The molecule has 0 fully saturated rings. The summed E-state index contributed by atoms with van der Waals surface area (Å²) in [7, 11) is 1.62. The Balaban J connectivity index is 1.78. The van der Waals surface area contributed by atoms with Gasteiger partial charge in [0.1, 0.15) is 12.3 Å². The molecule has 3 aromatic heterocycles. The summed E-state index contributed by atoms with van der Waals surface area (Å²) < 4.78 is 8.90. The molecule has 0 saturated carbocycles. The molecule has 4 aromatic rings. The lowest BCUT2D eigenvalue weighted by Gasteiger charge is -2.12. The Labute approximate surface area is 164 Å². The zero-order chi connectivity index (χ0) is 20.5. The number of rotatable bonds is 5. The first-order valence-corrected chi connectivity index (χ1v) is 8.99. The van der Waals surface area contributed by atoms with Crippen LogP contribution in [-0.2, 0) is 24.9 Å². The van der Waals surface area contributed by atoms with Gasteiger partial charge in [0.2, 0.25) is 5.91 Å². The van der Waals surface area contributed by atoms with Gasteiger partial charge in [0.25, 0.3) is 5.56 Å². The van der Waals surface area contributed by atoms with Crippen LogP contribution < -0.4 is 16.6 Å². The Bertz CT molecular complexity index is 1290. The minimum absolute atomic E-state index is 0.203. The molecule has 29 heavy (non-hydrogen) atoms. The Hall–Kier alpha value is -3.88. The summed E-state index contributed by atoms with van der Waals surface area (Å²) in [6.07, 6.45) is 2.93. The van der Waals surface area contributed by atoms with Gasteiger partial charge >= 0.3 is 5.69 Å². The predicted molar refractivity (Wildman–Crippen MR) is 106 cm³/mol. The normalized spacial score (nSPS) is 11.1. The molecule has 0 radical (unpaired) electrons. The van der Waals surface area contributed by atoms with E-state index in [2.05, 4.69) is 10.4 Å². The lowest BCUT2D eigenvalue weighted by molar-refractivity contribution is -0.121. The van der Waals surface area contributed by atoms with Crippen molar-refractivity contribution in [3.63, 3.8) is 0 Å². The predicted octanol–water partition coefficient (Wildman–Crippen LogP) is 1.10. The maximum absolute atomic E-state index is 13.2. The minimum atomic E-state index is -0.604. The number of nitrogens with one attached hydrogen (secondary N) is 1. The molecule has 9 heteroatoms. The van der Waals surface area contributed by atoms with E-state index in [0.29, 0.717) is 17.0 Å². The molecular formula is C20H19N5O4. The number of benzene rings is 1. The van der Waals surface area contributed by atoms with Crippen molar-refractivity contribution in [2.24, 2.45) is 7.05 Å². The van der Waals surface area contributed by atoms with Crippen LogP contribution in [0, 0.1) is 6.92 Å². The Morgan fingerprint density at radius 1 is 1.17 bits per heavy atom. The molecule has 0 aliphatic carbocycles. The van der Waals surface area contributed by atoms with Crippen molar-refractivity contribution in [3.8, 4) is 5.69 Å². The van der Waals surface area contributed by atoms with Crippen LogP contribution in [0.3, 0.4) is 0 Å². The van der Waals surface area contributed by atoms with Crippen molar-refractivity contribution in [2.75, 3.05) is 0 Å². The maximum atomic E-state index is 13.2. The second kappa shape index (κ2) is 7.27. The third-order valence-corrected chi connectivity index (χ3v) is 4.67. The number of amides is 1. The van der Waals surface area contributed by atoms with Crippen LogP contribution in [0.25, 0.3) is 16.7 Å². The topological polar surface area (TPSA) is 104 Å². The van der Waals surface area contributed by atoms with Crippen LogP contribution >= 0.6 is 0 Å². The van der Waals surface area contributed by atoms with Gasteiger partial charge in [0, 0.05) is 7.05 Å². The second-order valence-electron chi connectivity index (χ2n) is 6.70. The smallest absolute Gasteiger partial charge is 0.336 e. The summed E-state index contributed by atoms with van der Waals surface area (Å²) in [5.74, 6) is 0.213. The van der Waals surface area contributed by atoms with Crippen molar-refractivity contribution in [3.05, 3.63) is 81.0 Å². The van der Waals surface area contributed by atoms with Crippen LogP contribution in [0.5, 0.6) is 0 Å². The number of hydrogen-bond donors (Lipinski definition) is 1. The number of aromatic nitrogens is 4. The Morgan fingerprint density at radius 2 is 1.93 bits per heavy atom. The van der Waals surface area contributed by atoms with E-state index in [4.69, 9.17) is 4.42 Å². The van der Waals surface area contributed by atoms with E-state index in [-0.39, 0.29) is 24.5 Å². The maximum Gasteiger partial charge on any atom is 0.336 e. The van der Waals surface area contributed by atoms with E-state index in [1.807, 2.05) is 19.1 Å². The molecule has 0 bridgehead atoms. The molecule has 0 aliphatic rings. The lowest BCUT2D eigenvalue weighted by atomic mass is 10.2. The van der Waals surface area contributed by atoms with Gasteiger partial charge in [-0.3, -0.25) is 18.8 Å². The third-order valence-electron chi connectivity index (χ3n) is 4.67. The van der Waals surface area contributed by atoms with Crippen LogP contribution in [0.2, 0.25) is 0 Å². The SMILES string of the molecule is Cc1ccc(-n2c(=O)c3c(cnn3C)n(CC(=O)NCc3ccco3)c2=O)cc1. The summed E-state index contributed by atoms with van der Waals surface area (Å²) >= 11 is 0. The quantitative estimate of drug-likeness (QED) is 0.547. The number of carbonyl (C=O) groups excluding carboxylic acids is 1. The molecule has 1 aromatic carbocycles. The monoisotopic (exact) mass is 393 g/mol. The lowest BCUT2D eigenvalue weighted by Crippen LogP contribution is -2.42. The van der Waals surface area contributed by atoms with Gasteiger partial charge in [0.15, 0.2) is 5.52 Å². The Kier molecular flexibility index (Phi) is 4.63. The summed E-state index contributed by atoms with van der Waals surface area (Å²) in [5.41, 5.74) is 0.885. The van der Waals surface area contributed by atoms with Crippen LogP contribution in [0.4, 0.5) is 0 Å². The number of aryl methyl sites for hydroxylation is 2. The van der Waals surface area contributed by atoms with Crippen LogP contribution in [0.15, 0.2) is 62.9 Å². The van der Waals surface area contributed by atoms with E-state index < -0.39 is 11.2 Å². The van der Waals surface area contributed by atoms with E-state index in [9.17, 15) is 14.4 Å². The average molecular weight is 393 g/mol. The molecule has 4 rings (SSSR count). The zero-order valence-electron chi connectivity index (χ0n) is 16.0. The second-order valence-corrected chi connectivity index (χ2v) is 6.70. The third kappa shape index (κ3) is 3.38. The molecule has 148 valence electrons. The van der Waals surface area contributed by atoms with Crippen molar-refractivity contribution >= 4 is 16.9 Å². The highest BCUT2D eigenvalue weighted by molar-refractivity contribution is 5.79. The fraction of sp³-hybridized carbons (Fsp3) is 0.200. The first-order chi connectivity index (χ1) is 14.0. The minimum Gasteiger partial charge on any atom is -0.467 e. The molecule has 1 N–H and O–H groups in total. The molecule has 9 nitrogen and oxygen atoms in total. The van der Waals surface area contributed by atoms with Crippen LogP contribution in [0.1, 0.15) is 11.3 Å². The van der Waals surface area contributed by atoms with Gasteiger partial charge in [-0.2, -0.15) is 5.10 Å². The van der Waals surface area contributed by atoms with E-state index in [0.717, 1.165) is 10.1 Å². The summed E-state index contributed by atoms with van der Waals surface area (Å²) in [4.78, 5) is 38.6. The highest BCUT2D eigenvalue weighted by Crippen LogP contribution is 2.10. The van der Waals surface area contributed by atoms with Gasteiger partial charge in [-0.05, 0) is 31.2 Å². The van der Waals surface area contributed by atoms with Crippen molar-refractivity contribution in [1.29, 1.82) is 0 Å². The molecular weight excluding hydrogens is 374 g/mol. The zero-order valence-corrected chi connectivity index (χ0v) is 16.0. The standard InChI is InChI=1S/C20H19N5O4/c1-13-5-7-14(8-6-13)25-19(27)18-16(11-22-23(18)2)24(20(25)28)12-17(26)21-10-15-4-3-9-29-15/h3-9,11H,10,12H2,1-2H3,(H,21,26). The van der Waals surface area contributed by atoms with E-state index >= 15 is 0 Å². The number of nitrogens with zero attached hydrogens (tertiary/aromatic N) is 4. The summed E-state index contributed by atoms with van der Waals surface area (Å²) in [5, 5.41) is 6.80. The molecule has 1 amide bonds.